The molecule has 84 valence electrons. The molecule has 0 bridgehead atoms. The summed E-state index contributed by atoms with van der Waals surface area (Å²) in [6.45, 7) is 0.662. The highest BCUT2D eigenvalue weighted by atomic mass is 32.2. The fourth-order valence-corrected chi connectivity index (χ4v) is 2.83. The van der Waals surface area contributed by atoms with Gasteiger partial charge < -0.3 is 4.90 Å². The highest BCUT2D eigenvalue weighted by Gasteiger charge is 2.27. The van der Waals surface area contributed by atoms with Gasteiger partial charge in [0.05, 0.1) is 5.75 Å². The molecule has 3 heteroatoms. The van der Waals surface area contributed by atoms with Crippen LogP contribution in [0.1, 0.15) is 16.8 Å². The summed E-state index contributed by atoms with van der Waals surface area (Å²) in [6.07, 6.45) is 4.86. The Morgan fingerprint density at radius 3 is 2.94 bits per heavy atom. The van der Waals surface area contributed by atoms with Gasteiger partial charge in [-0.15, -0.1) is 11.8 Å². The van der Waals surface area contributed by atoms with E-state index in [1.54, 1.807) is 11.8 Å². The highest BCUT2D eigenvalue weighted by Crippen LogP contribution is 2.39. The summed E-state index contributed by atoms with van der Waals surface area (Å²) in [5, 5.41) is 0. The topological polar surface area (TPSA) is 20.3 Å². The number of amides is 1. The van der Waals surface area contributed by atoms with Crippen LogP contribution < -0.4 is 0 Å². The monoisotopic (exact) mass is 241 g/mol. The molecule has 2 aliphatic rings. The van der Waals surface area contributed by atoms with E-state index in [2.05, 4.69) is 11.8 Å². The zero-order chi connectivity index (χ0) is 11.7. The summed E-state index contributed by atoms with van der Waals surface area (Å²) in [5.74, 6) is 3.27. The maximum absolute atomic E-state index is 12.4. The van der Waals surface area contributed by atoms with Crippen LogP contribution in [0.5, 0.6) is 0 Å². The van der Waals surface area contributed by atoms with Crippen molar-refractivity contribution in [1.29, 1.82) is 0 Å². The molecule has 0 aliphatic carbocycles. The van der Waals surface area contributed by atoms with E-state index in [0.29, 0.717) is 6.54 Å². The fourth-order valence-electron chi connectivity index (χ4n) is 2.00. The molecule has 1 aromatic carbocycles. The second kappa shape index (κ2) is 4.41. The van der Waals surface area contributed by atoms with Gasteiger partial charge in [0.25, 0.3) is 5.91 Å². The highest BCUT2D eigenvalue weighted by molar-refractivity contribution is 8.05. The van der Waals surface area contributed by atoms with E-state index in [0.717, 1.165) is 22.6 Å². The molecule has 0 aromatic heterocycles. The van der Waals surface area contributed by atoms with Crippen LogP contribution in [-0.2, 0) is 0 Å². The van der Waals surface area contributed by atoms with Crippen molar-refractivity contribution in [1.82, 2.24) is 4.90 Å². The Hall–Kier alpha value is -1.48. The molecule has 2 heterocycles. The van der Waals surface area contributed by atoms with Crippen LogP contribution in [0.4, 0.5) is 0 Å². The lowest BCUT2D eigenvalue weighted by Gasteiger charge is -2.25. The minimum Gasteiger partial charge on any atom is -0.307 e. The average molecular weight is 241 g/mol. The van der Waals surface area contributed by atoms with Crippen molar-refractivity contribution in [2.24, 2.45) is 0 Å². The van der Waals surface area contributed by atoms with E-state index in [1.165, 1.54) is 0 Å². The molecule has 2 radical (unpaired) electrons. The SMILES string of the molecule is O=C(c1ccccc1)N1CC=CC2=C1C[C]S2. The van der Waals surface area contributed by atoms with Crippen LogP contribution in [0, 0.1) is 5.75 Å². The molecule has 0 spiro atoms. The molecule has 0 atom stereocenters. The third kappa shape index (κ3) is 1.91. The lowest BCUT2D eigenvalue weighted by Crippen LogP contribution is -2.31. The molecular formula is C14H11NOS. The van der Waals surface area contributed by atoms with Gasteiger partial charge in [-0.25, -0.2) is 0 Å². The third-order valence-electron chi connectivity index (χ3n) is 2.86. The Kier molecular flexibility index (Phi) is 2.77. The summed E-state index contributed by atoms with van der Waals surface area (Å²) in [5.41, 5.74) is 1.83. The molecule has 17 heavy (non-hydrogen) atoms. The second-order valence-corrected chi connectivity index (χ2v) is 4.85. The van der Waals surface area contributed by atoms with E-state index in [-0.39, 0.29) is 5.91 Å². The van der Waals surface area contributed by atoms with Gasteiger partial charge in [0.2, 0.25) is 0 Å². The Balaban J connectivity index is 1.91. The minimum atomic E-state index is 0.0757. The molecule has 0 unspecified atom stereocenters. The molecule has 0 saturated carbocycles. The maximum atomic E-state index is 12.4. The predicted octanol–water partition coefficient (Wildman–Crippen LogP) is 3.09. The summed E-state index contributed by atoms with van der Waals surface area (Å²) >= 11 is 1.59. The molecule has 2 aliphatic heterocycles. The quantitative estimate of drug-likeness (QED) is 0.753. The zero-order valence-corrected chi connectivity index (χ0v) is 10.0. The van der Waals surface area contributed by atoms with Crippen LogP contribution in [-0.4, -0.2) is 17.4 Å². The smallest absolute Gasteiger partial charge is 0.258 e. The van der Waals surface area contributed by atoms with Gasteiger partial charge >= 0.3 is 0 Å². The van der Waals surface area contributed by atoms with Crippen LogP contribution in [0.15, 0.2) is 53.1 Å². The average Bonchev–Trinajstić information content (AvgIpc) is 2.87. The molecule has 2 nitrogen and oxygen atoms in total. The Morgan fingerprint density at radius 2 is 2.12 bits per heavy atom. The third-order valence-corrected chi connectivity index (χ3v) is 3.74. The van der Waals surface area contributed by atoms with E-state index in [9.17, 15) is 4.79 Å². The first kappa shape index (κ1) is 10.7. The maximum Gasteiger partial charge on any atom is 0.258 e. The van der Waals surface area contributed by atoms with Crippen LogP contribution in [0.2, 0.25) is 0 Å². The molecule has 3 rings (SSSR count). The number of hydrogen-bond acceptors (Lipinski definition) is 2. The lowest BCUT2D eigenvalue weighted by molar-refractivity contribution is 0.0815. The number of benzene rings is 1. The van der Waals surface area contributed by atoms with Gasteiger partial charge in [-0.05, 0) is 18.2 Å². The minimum absolute atomic E-state index is 0.0757. The van der Waals surface area contributed by atoms with Crippen molar-refractivity contribution in [3.05, 3.63) is 64.4 Å². The van der Waals surface area contributed by atoms with Crippen molar-refractivity contribution >= 4 is 17.7 Å². The van der Waals surface area contributed by atoms with Crippen molar-refractivity contribution < 1.29 is 4.79 Å². The number of thioether (sulfide) groups is 1. The van der Waals surface area contributed by atoms with E-state index >= 15 is 0 Å². The van der Waals surface area contributed by atoms with Gasteiger partial charge in [0.15, 0.2) is 0 Å². The standard InChI is InChI=1S/C14H11NOS/c16-14(11-5-2-1-3-6-11)15-9-4-7-13-12(15)8-10-17-13/h1-7H,8-9H2. The Morgan fingerprint density at radius 1 is 1.29 bits per heavy atom. The first-order valence-corrected chi connectivity index (χ1v) is 6.34. The molecular weight excluding hydrogens is 230 g/mol. The summed E-state index contributed by atoms with van der Waals surface area (Å²) in [7, 11) is 0. The van der Waals surface area contributed by atoms with Crippen molar-refractivity contribution in [2.75, 3.05) is 6.54 Å². The van der Waals surface area contributed by atoms with Crippen molar-refractivity contribution in [3.63, 3.8) is 0 Å². The predicted molar refractivity (Wildman–Crippen MR) is 69.1 cm³/mol. The molecule has 1 aromatic rings. The first-order chi connectivity index (χ1) is 8.36. The molecule has 0 N–H and O–H groups in total. The molecule has 0 fully saturated rings. The van der Waals surface area contributed by atoms with Gasteiger partial charge in [-0.3, -0.25) is 4.79 Å². The number of carbonyl (C=O) groups excluding carboxylic acids is 1. The van der Waals surface area contributed by atoms with Gasteiger partial charge in [-0.1, -0.05) is 24.3 Å². The van der Waals surface area contributed by atoms with E-state index in [1.807, 2.05) is 41.3 Å². The van der Waals surface area contributed by atoms with Crippen LogP contribution in [0.25, 0.3) is 0 Å². The van der Waals surface area contributed by atoms with E-state index < -0.39 is 0 Å². The lowest BCUT2D eigenvalue weighted by atomic mass is 10.1. The van der Waals surface area contributed by atoms with Gasteiger partial charge in [0.1, 0.15) is 0 Å². The summed E-state index contributed by atoms with van der Waals surface area (Å²) in [4.78, 5) is 15.4. The van der Waals surface area contributed by atoms with Crippen molar-refractivity contribution in [3.8, 4) is 0 Å². The first-order valence-electron chi connectivity index (χ1n) is 5.52. The second-order valence-electron chi connectivity index (χ2n) is 3.92. The van der Waals surface area contributed by atoms with Crippen LogP contribution in [0.3, 0.4) is 0 Å². The number of carbonyl (C=O) groups is 1. The number of nitrogens with zero attached hydrogens (tertiary/aromatic N) is 1. The summed E-state index contributed by atoms with van der Waals surface area (Å²) in [6, 6.07) is 9.42. The normalized spacial score (nSPS) is 18.5. The number of rotatable bonds is 1. The molecule has 1 amide bonds. The largest absolute Gasteiger partial charge is 0.307 e. The number of allylic oxidation sites excluding steroid dienone is 2. The summed E-state index contributed by atoms with van der Waals surface area (Å²) < 4.78 is 0. The fraction of sp³-hybridized carbons (Fsp3) is 0.143. The van der Waals surface area contributed by atoms with Gasteiger partial charge in [0, 0.05) is 29.1 Å². The Bertz CT molecular complexity index is 504. The van der Waals surface area contributed by atoms with Gasteiger partial charge in [-0.2, -0.15) is 0 Å². The zero-order valence-electron chi connectivity index (χ0n) is 9.22. The van der Waals surface area contributed by atoms with E-state index in [4.69, 9.17) is 0 Å². The Labute approximate surface area is 105 Å². The number of hydrogen-bond donors (Lipinski definition) is 0. The molecule has 0 saturated heterocycles. The van der Waals surface area contributed by atoms with Crippen molar-refractivity contribution in [2.45, 2.75) is 6.42 Å². The van der Waals surface area contributed by atoms with Crippen LogP contribution >= 0.6 is 11.8 Å².